The number of hydrogen-bond donors (Lipinski definition) is 0. The van der Waals surface area contributed by atoms with Gasteiger partial charge in [-0.2, -0.15) is 0 Å². The van der Waals surface area contributed by atoms with Crippen molar-refractivity contribution in [1.82, 2.24) is 15.0 Å². The van der Waals surface area contributed by atoms with Crippen molar-refractivity contribution in [3.05, 3.63) is 67.1 Å². The van der Waals surface area contributed by atoms with E-state index >= 15 is 0 Å². The van der Waals surface area contributed by atoms with Gasteiger partial charge in [0.05, 0.1) is 5.69 Å². The Labute approximate surface area is 115 Å². The van der Waals surface area contributed by atoms with Crippen molar-refractivity contribution in [2.45, 2.75) is 9.92 Å². The molecule has 4 heteroatoms. The van der Waals surface area contributed by atoms with E-state index in [1.54, 1.807) is 30.4 Å². The summed E-state index contributed by atoms with van der Waals surface area (Å²) >= 11 is 1.60. The molecule has 3 nitrogen and oxygen atoms in total. The van der Waals surface area contributed by atoms with Gasteiger partial charge in [-0.15, -0.1) is 0 Å². The molecular weight excluding hydrogens is 254 g/mol. The maximum Gasteiger partial charge on any atom is 0.129 e. The maximum atomic E-state index is 4.41. The molecule has 92 valence electrons. The lowest BCUT2D eigenvalue weighted by Gasteiger charge is -2.06. The lowest BCUT2D eigenvalue weighted by atomic mass is 10.3. The number of benzene rings is 1. The van der Waals surface area contributed by atoms with E-state index in [1.165, 1.54) is 0 Å². The molecule has 0 aliphatic rings. The molecule has 0 spiro atoms. The third-order valence-electron chi connectivity index (χ3n) is 2.53. The Morgan fingerprint density at radius 2 is 1.47 bits per heavy atom. The second kappa shape index (κ2) is 5.63. The molecule has 0 aliphatic carbocycles. The standard InChI is InChI=1S/C15H11N3S/c1-2-6-12(7-3-1)19-15-14(17-10-11-18-15)13-8-4-5-9-16-13/h1-11H. The summed E-state index contributed by atoms with van der Waals surface area (Å²) in [4.78, 5) is 14.3. The average Bonchev–Trinajstić information content (AvgIpc) is 2.50. The first-order valence-corrected chi connectivity index (χ1v) is 6.70. The minimum absolute atomic E-state index is 0.817. The van der Waals surface area contributed by atoms with Crippen LogP contribution in [-0.2, 0) is 0 Å². The summed E-state index contributed by atoms with van der Waals surface area (Å²) in [5.74, 6) is 0. The molecule has 19 heavy (non-hydrogen) atoms. The molecule has 0 saturated carbocycles. The molecule has 2 aromatic heterocycles. The van der Waals surface area contributed by atoms with Crippen LogP contribution in [0.25, 0.3) is 11.4 Å². The molecule has 0 atom stereocenters. The number of hydrogen-bond acceptors (Lipinski definition) is 4. The van der Waals surface area contributed by atoms with Crippen molar-refractivity contribution < 1.29 is 0 Å². The van der Waals surface area contributed by atoms with E-state index in [0.29, 0.717) is 0 Å². The molecule has 0 unspecified atom stereocenters. The van der Waals surface area contributed by atoms with E-state index < -0.39 is 0 Å². The quantitative estimate of drug-likeness (QED) is 0.724. The third kappa shape index (κ3) is 2.80. The van der Waals surface area contributed by atoms with Crippen LogP contribution in [0.15, 0.2) is 77.0 Å². The first kappa shape index (κ1) is 11.9. The zero-order chi connectivity index (χ0) is 12.9. The monoisotopic (exact) mass is 265 g/mol. The molecule has 0 saturated heterocycles. The van der Waals surface area contributed by atoms with Crippen molar-refractivity contribution in [3.63, 3.8) is 0 Å². The zero-order valence-electron chi connectivity index (χ0n) is 10.1. The summed E-state index contributed by atoms with van der Waals surface area (Å²) in [6.45, 7) is 0. The Morgan fingerprint density at radius 3 is 2.26 bits per heavy atom. The zero-order valence-corrected chi connectivity index (χ0v) is 10.9. The Bertz CT molecular complexity index is 657. The van der Waals surface area contributed by atoms with Crippen molar-refractivity contribution in [3.8, 4) is 11.4 Å². The normalized spacial score (nSPS) is 10.3. The van der Waals surface area contributed by atoms with E-state index in [0.717, 1.165) is 21.3 Å². The predicted octanol–water partition coefficient (Wildman–Crippen LogP) is 3.69. The number of rotatable bonds is 3. The molecule has 0 aliphatic heterocycles. The van der Waals surface area contributed by atoms with E-state index in [-0.39, 0.29) is 0 Å². The van der Waals surface area contributed by atoms with Gasteiger partial charge in [0.2, 0.25) is 0 Å². The van der Waals surface area contributed by atoms with Crippen LogP contribution >= 0.6 is 11.8 Å². The van der Waals surface area contributed by atoms with Crippen LogP contribution in [-0.4, -0.2) is 15.0 Å². The summed E-state index contributed by atoms with van der Waals surface area (Å²) in [5, 5.41) is 0.868. The minimum atomic E-state index is 0.817. The Kier molecular flexibility index (Phi) is 3.51. The van der Waals surface area contributed by atoms with E-state index in [1.807, 2.05) is 36.4 Å². The van der Waals surface area contributed by atoms with Crippen LogP contribution in [0.2, 0.25) is 0 Å². The van der Waals surface area contributed by atoms with Gasteiger partial charge < -0.3 is 0 Å². The van der Waals surface area contributed by atoms with E-state index in [9.17, 15) is 0 Å². The molecule has 3 aromatic rings. The summed E-state index contributed by atoms with van der Waals surface area (Å²) < 4.78 is 0. The van der Waals surface area contributed by atoms with Crippen LogP contribution in [0.3, 0.4) is 0 Å². The minimum Gasteiger partial charge on any atom is -0.255 e. The second-order valence-corrected chi connectivity index (χ2v) is 4.90. The highest BCUT2D eigenvalue weighted by molar-refractivity contribution is 7.99. The van der Waals surface area contributed by atoms with Crippen molar-refractivity contribution in [1.29, 1.82) is 0 Å². The maximum absolute atomic E-state index is 4.41. The molecule has 0 fully saturated rings. The largest absolute Gasteiger partial charge is 0.255 e. The molecule has 0 radical (unpaired) electrons. The first-order chi connectivity index (χ1) is 9.43. The van der Waals surface area contributed by atoms with Crippen LogP contribution in [0.5, 0.6) is 0 Å². The number of nitrogens with zero attached hydrogens (tertiary/aromatic N) is 3. The second-order valence-electron chi connectivity index (χ2n) is 3.84. The van der Waals surface area contributed by atoms with E-state index in [2.05, 4.69) is 27.1 Å². The molecule has 0 bridgehead atoms. The molecular formula is C15H11N3S. The molecule has 0 N–H and O–H groups in total. The van der Waals surface area contributed by atoms with Gasteiger partial charge in [0.15, 0.2) is 0 Å². The summed E-state index contributed by atoms with van der Waals surface area (Å²) in [7, 11) is 0. The van der Waals surface area contributed by atoms with Crippen LogP contribution in [0.4, 0.5) is 0 Å². The fourth-order valence-corrected chi connectivity index (χ4v) is 2.56. The Balaban J connectivity index is 1.99. The van der Waals surface area contributed by atoms with Gasteiger partial charge in [-0.05, 0) is 24.3 Å². The fourth-order valence-electron chi connectivity index (χ4n) is 1.68. The Hall–Kier alpha value is -2.20. The van der Waals surface area contributed by atoms with Gasteiger partial charge in [-0.1, -0.05) is 36.0 Å². The molecule has 2 heterocycles. The third-order valence-corrected chi connectivity index (χ3v) is 3.53. The van der Waals surface area contributed by atoms with Gasteiger partial charge in [0.25, 0.3) is 0 Å². The Morgan fingerprint density at radius 1 is 0.684 bits per heavy atom. The molecule has 1 aromatic carbocycles. The van der Waals surface area contributed by atoms with Gasteiger partial charge in [0.1, 0.15) is 10.7 Å². The van der Waals surface area contributed by atoms with E-state index in [4.69, 9.17) is 0 Å². The molecule has 3 rings (SSSR count). The highest BCUT2D eigenvalue weighted by atomic mass is 32.2. The van der Waals surface area contributed by atoms with Gasteiger partial charge >= 0.3 is 0 Å². The van der Waals surface area contributed by atoms with Crippen molar-refractivity contribution in [2.75, 3.05) is 0 Å². The summed E-state index contributed by atoms with van der Waals surface area (Å²) in [6, 6.07) is 15.9. The average molecular weight is 265 g/mol. The number of aromatic nitrogens is 3. The smallest absolute Gasteiger partial charge is 0.129 e. The van der Waals surface area contributed by atoms with Gasteiger partial charge in [-0.3, -0.25) is 9.97 Å². The van der Waals surface area contributed by atoms with Crippen molar-refractivity contribution in [2.24, 2.45) is 0 Å². The van der Waals surface area contributed by atoms with Crippen LogP contribution < -0.4 is 0 Å². The topological polar surface area (TPSA) is 38.7 Å². The highest BCUT2D eigenvalue weighted by Crippen LogP contribution is 2.31. The molecule has 0 amide bonds. The van der Waals surface area contributed by atoms with Crippen LogP contribution in [0, 0.1) is 0 Å². The fraction of sp³-hybridized carbons (Fsp3) is 0. The van der Waals surface area contributed by atoms with Crippen molar-refractivity contribution >= 4 is 11.8 Å². The van der Waals surface area contributed by atoms with Gasteiger partial charge in [-0.25, -0.2) is 4.98 Å². The van der Waals surface area contributed by atoms with Crippen LogP contribution in [0.1, 0.15) is 0 Å². The number of pyridine rings is 1. The van der Waals surface area contributed by atoms with Gasteiger partial charge in [0, 0.05) is 23.5 Å². The first-order valence-electron chi connectivity index (χ1n) is 5.89. The lowest BCUT2D eigenvalue weighted by Crippen LogP contribution is -1.92. The summed E-state index contributed by atoms with van der Waals surface area (Å²) in [5.41, 5.74) is 1.66. The predicted molar refractivity (Wildman–Crippen MR) is 75.8 cm³/mol. The highest BCUT2D eigenvalue weighted by Gasteiger charge is 2.09. The lowest BCUT2D eigenvalue weighted by molar-refractivity contribution is 1.05. The summed E-state index contributed by atoms with van der Waals surface area (Å²) in [6.07, 6.45) is 5.16. The SMILES string of the molecule is c1ccc(Sc2nccnc2-c2ccccn2)cc1.